The number of hydrogen-bond donors (Lipinski definition) is 0. The maximum absolute atomic E-state index is 12.5. The molecule has 0 spiro atoms. The lowest BCUT2D eigenvalue weighted by molar-refractivity contribution is -0.140. The molecule has 6 heteroatoms. The summed E-state index contributed by atoms with van der Waals surface area (Å²) in [6.07, 6.45) is 6.46. The Hall–Kier alpha value is -1.65. The highest BCUT2D eigenvalue weighted by atomic mass is 35.5. The van der Waals surface area contributed by atoms with Gasteiger partial charge in [-0.1, -0.05) is 41.4 Å². The molecule has 112 valence electrons. The first-order valence-electron chi connectivity index (χ1n) is 7.11. The fourth-order valence-electron chi connectivity index (χ4n) is 3.73. The highest BCUT2D eigenvalue weighted by Crippen LogP contribution is 2.52. The number of carbonyl (C=O) groups is 2. The molecular formula is C16H12Cl2N2O2. The van der Waals surface area contributed by atoms with E-state index in [-0.39, 0.29) is 35.5 Å². The molecule has 0 N–H and O–H groups in total. The van der Waals surface area contributed by atoms with Gasteiger partial charge in [-0.25, -0.2) is 0 Å². The van der Waals surface area contributed by atoms with Crippen molar-refractivity contribution in [2.75, 3.05) is 0 Å². The molecule has 2 fully saturated rings. The molecule has 2 bridgehead atoms. The number of amides is 2. The van der Waals surface area contributed by atoms with Crippen molar-refractivity contribution in [1.29, 1.82) is 0 Å². The molecule has 2 aliphatic carbocycles. The Morgan fingerprint density at radius 2 is 1.73 bits per heavy atom. The van der Waals surface area contributed by atoms with E-state index in [1.165, 1.54) is 6.21 Å². The topological polar surface area (TPSA) is 49.7 Å². The number of fused-ring (bicyclic) bond motifs is 5. The largest absolute Gasteiger partial charge is 0.272 e. The van der Waals surface area contributed by atoms with Gasteiger partial charge < -0.3 is 0 Å². The minimum atomic E-state index is -0.236. The van der Waals surface area contributed by atoms with E-state index < -0.39 is 0 Å². The van der Waals surface area contributed by atoms with Crippen LogP contribution in [0.15, 0.2) is 35.5 Å². The van der Waals surface area contributed by atoms with E-state index in [1.54, 1.807) is 18.2 Å². The molecule has 22 heavy (non-hydrogen) atoms. The summed E-state index contributed by atoms with van der Waals surface area (Å²) in [4.78, 5) is 24.9. The van der Waals surface area contributed by atoms with Crippen LogP contribution in [-0.2, 0) is 9.59 Å². The lowest BCUT2D eigenvalue weighted by atomic mass is 9.85. The van der Waals surface area contributed by atoms with Gasteiger partial charge >= 0.3 is 0 Å². The fourth-order valence-corrected chi connectivity index (χ4v) is 4.18. The van der Waals surface area contributed by atoms with Gasteiger partial charge in [-0.15, -0.1) is 0 Å². The first-order valence-corrected chi connectivity index (χ1v) is 7.87. The predicted molar refractivity (Wildman–Crippen MR) is 83.6 cm³/mol. The number of allylic oxidation sites excluding steroid dienone is 2. The quantitative estimate of drug-likeness (QED) is 0.474. The second kappa shape index (κ2) is 4.93. The maximum Gasteiger partial charge on any atom is 0.254 e. The van der Waals surface area contributed by atoms with Crippen molar-refractivity contribution in [3.63, 3.8) is 0 Å². The molecule has 1 saturated heterocycles. The van der Waals surface area contributed by atoms with Crippen LogP contribution in [-0.4, -0.2) is 23.0 Å². The van der Waals surface area contributed by atoms with E-state index in [2.05, 4.69) is 17.3 Å². The van der Waals surface area contributed by atoms with Crippen LogP contribution in [0.5, 0.6) is 0 Å². The number of carbonyl (C=O) groups excluding carboxylic acids is 2. The van der Waals surface area contributed by atoms with E-state index in [4.69, 9.17) is 23.2 Å². The SMILES string of the molecule is O=C1[C@@H]2[C@H](C(=O)N1/N=C\c1ccc(Cl)cc1Cl)[C@H]1C=C[C@H]2C1. The van der Waals surface area contributed by atoms with Gasteiger partial charge in [-0.05, 0) is 30.4 Å². The Kier molecular flexibility index (Phi) is 3.13. The van der Waals surface area contributed by atoms with E-state index in [0.29, 0.717) is 15.6 Å². The normalized spacial score (nSPS) is 32.5. The molecule has 3 aliphatic rings. The van der Waals surface area contributed by atoms with Crippen molar-refractivity contribution in [3.05, 3.63) is 46.0 Å². The van der Waals surface area contributed by atoms with Crippen LogP contribution in [0.25, 0.3) is 0 Å². The second-order valence-corrected chi connectivity index (χ2v) is 6.74. The van der Waals surface area contributed by atoms with Gasteiger partial charge in [0.25, 0.3) is 11.8 Å². The van der Waals surface area contributed by atoms with Crippen LogP contribution in [0.2, 0.25) is 10.0 Å². The molecule has 1 aromatic carbocycles. The summed E-state index contributed by atoms with van der Waals surface area (Å²) in [6, 6.07) is 4.98. The van der Waals surface area contributed by atoms with Gasteiger partial charge in [0.2, 0.25) is 0 Å². The highest BCUT2D eigenvalue weighted by Gasteiger charge is 2.59. The lowest BCUT2D eigenvalue weighted by Crippen LogP contribution is -2.28. The summed E-state index contributed by atoms with van der Waals surface area (Å²) < 4.78 is 0. The minimum Gasteiger partial charge on any atom is -0.272 e. The molecule has 0 radical (unpaired) electrons. The van der Waals surface area contributed by atoms with Crippen molar-refractivity contribution in [2.24, 2.45) is 28.8 Å². The van der Waals surface area contributed by atoms with Crippen LogP contribution in [0.3, 0.4) is 0 Å². The number of imide groups is 1. The smallest absolute Gasteiger partial charge is 0.254 e. The molecule has 0 aromatic heterocycles. The number of rotatable bonds is 2. The third kappa shape index (κ3) is 1.94. The Labute approximate surface area is 137 Å². The van der Waals surface area contributed by atoms with Crippen molar-refractivity contribution in [3.8, 4) is 0 Å². The minimum absolute atomic E-state index is 0.186. The number of benzene rings is 1. The van der Waals surface area contributed by atoms with Crippen molar-refractivity contribution in [2.45, 2.75) is 6.42 Å². The third-order valence-corrected chi connectivity index (χ3v) is 5.28. The molecular weight excluding hydrogens is 323 g/mol. The Balaban J connectivity index is 1.60. The summed E-state index contributed by atoms with van der Waals surface area (Å²) in [7, 11) is 0. The maximum atomic E-state index is 12.5. The van der Waals surface area contributed by atoms with Gasteiger partial charge in [0.05, 0.1) is 23.1 Å². The molecule has 4 rings (SSSR count). The van der Waals surface area contributed by atoms with Crippen molar-refractivity contribution in [1.82, 2.24) is 5.01 Å². The molecule has 0 unspecified atom stereocenters. The molecule has 1 saturated carbocycles. The van der Waals surface area contributed by atoms with Crippen LogP contribution in [0.4, 0.5) is 0 Å². The zero-order valence-electron chi connectivity index (χ0n) is 11.4. The lowest BCUT2D eigenvalue weighted by Gasteiger charge is -2.13. The number of nitrogens with zero attached hydrogens (tertiary/aromatic N) is 2. The molecule has 2 amide bonds. The highest BCUT2D eigenvalue weighted by molar-refractivity contribution is 6.36. The first-order chi connectivity index (χ1) is 10.6. The van der Waals surface area contributed by atoms with E-state index in [1.807, 2.05) is 0 Å². The summed E-state index contributed by atoms with van der Waals surface area (Å²) in [5.41, 5.74) is 0.616. The monoisotopic (exact) mass is 334 g/mol. The van der Waals surface area contributed by atoms with E-state index in [9.17, 15) is 9.59 Å². The second-order valence-electron chi connectivity index (χ2n) is 5.90. The number of hydrogen-bond acceptors (Lipinski definition) is 3. The summed E-state index contributed by atoms with van der Waals surface area (Å²) in [5.74, 6) is -0.501. The van der Waals surface area contributed by atoms with Gasteiger partial charge in [0.15, 0.2) is 0 Å². The fraction of sp³-hybridized carbons (Fsp3) is 0.312. The van der Waals surface area contributed by atoms with Crippen LogP contribution < -0.4 is 0 Å². The summed E-state index contributed by atoms with van der Waals surface area (Å²) in [5, 5.41) is 6.03. The average molecular weight is 335 g/mol. The Morgan fingerprint density at radius 3 is 2.32 bits per heavy atom. The molecule has 1 heterocycles. The predicted octanol–water partition coefficient (Wildman–Crippen LogP) is 3.13. The van der Waals surface area contributed by atoms with Crippen LogP contribution >= 0.6 is 23.2 Å². The Bertz CT molecular complexity index is 714. The zero-order valence-corrected chi connectivity index (χ0v) is 13.0. The van der Waals surface area contributed by atoms with Gasteiger partial charge in [-0.3, -0.25) is 9.59 Å². The van der Waals surface area contributed by atoms with E-state index >= 15 is 0 Å². The molecule has 4 atom stereocenters. The van der Waals surface area contributed by atoms with Crippen LogP contribution in [0, 0.1) is 23.7 Å². The van der Waals surface area contributed by atoms with Gasteiger partial charge in [-0.2, -0.15) is 10.1 Å². The summed E-state index contributed by atoms with van der Waals surface area (Å²) >= 11 is 11.9. The van der Waals surface area contributed by atoms with Crippen LogP contribution in [0.1, 0.15) is 12.0 Å². The number of hydrazone groups is 1. The van der Waals surface area contributed by atoms with Crippen molar-refractivity contribution >= 4 is 41.2 Å². The molecule has 1 aromatic rings. The molecule has 1 aliphatic heterocycles. The van der Waals surface area contributed by atoms with E-state index in [0.717, 1.165) is 11.4 Å². The van der Waals surface area contributed by atoms with Gasteiger partial charge in [0, 0.05) is 10.6 Å². The first kappa shape index (κ1) is 14.0. The van der Waals surface area contributed by atoms with Gasteiger partial charge in [0.1, 0.15) is 0 Å². The molecule has 4 nitrogen and oxygen atoms in total. The number of halogens is 2. The summed E-state index contributed by atoms with van der Waals surface area (Å²) in [6.45, 7) is 0. The average Bonchev–Trinajstić information content (AvgIpc) is 3.14. The van der Waals surface area contributed by atoms with Crippen molar-refractivity contribution < 1.29 is 9.59 Å². The zero-order chi connectivity index (χ0) is 15.4. The Morgan fingerprint density at radius 1 is 1.09 bits per heavy atom. The third-order valence-electron chi connectivity index (χ3n) is 4.72. The standard InChI is InChI=1S/C16H12Cl2N2O2/c17-11-4-3-10(12(18)6-11)7-19-20-15(21)13-8-1-2-9(5-8)14(13)16(20)22/h1-4,6-9,13-14H,5H2/b19-7-/t8-,9-,13-,14+/m0/s1.